The van der Waals surface area contributed by atoms with Crippen LogP contribution in [0.5, 0.6) is 0 Å². The van der Waals surface area contributed by atoms with E-state index in [9.17, 15) is 0 Å². The minimum Gasteiger partial charge on any atom is -0.287 e. The number of rotatable bonds is 6. The lowest BCUT2D eigenvalue weighted by molar-refractivity contribution is 0.158. The third-order valence-corrected chi connectivity index (χ3v) is 3.11. The van der Waals surface area contributed by atoms with E-state index < -0.39 is 0 Å². The molecular formula is C12H26IN. The Morgan fingerprint density at radius 1 is 1.14 bits per heavy atom. The fourth-order valence-electron chi connectivity index (χ4n) is 1.81. The van der Waals surface area contributed by atoms with Gasteiger partial charge in [0.15, 0.2) is 0 Å². The smallest absolute Gasteiger partial charge is 0.0675 e. The molecular weight excluding hydrogens is 285 g/mol. The molecule has 0 saturated carbocycles. The summed E-state index contributed by atoms with van der Waals surface area (Å²) in [6.45, 7) is 15.0. The Labute approximate surface area is 104 Å². The Morgan fingerprint density at radius 2 is 1.64 bits per heavy atom. The Kier molecular flexibility index (Phi) is 6.62. The fraction of sp³-hybridized carbons (Fsp3) is 1.00. The molecule has 0 fully saturated rings. The third-order valence-electron chi connectivity index (χ3n) is 2.49. The molecule has 0 bridgehead atoms. The van der Waals surface area contributed by atoms with Gasteiger partial charge in [-0.25, -0.2) is 0 Å². The SMILES string of the molecule is CC(C)CCCN(C(C)C)C(C)(C)I. The van der Waals surface area contributed by atoms with Crippen LogP contribution in [0.2, 0.25) is 0 Å². The van der Waals surface area contributed by atoms with Gasteiger partial charge in [0.25, 0.3) is 0 Å². The summed E-state index contributed by atoms with van der Waals surface area (Å²) in [5, 5.41) is 0. The van der Waals surface area contributed by atoms with Crippen LogP contribution in [0, 0.1) is 5.92 Å². The second-order valence-corrected chi connectivity index (χ2v) is 7.87. The number of hydrogen-bond donors (Lipinski definition) is 0. The molecule has 0 aliphatic rings. The Hall–Kier alpha value is 0.690. The van der Waals surface area contributed by atoms with E-state index in [1.54, 1.807) is 0 Å². The highest BCUT2D eigenvalue weighted by Crippen LogP contribution is 2.25. The Balaban J connectivity index is 4.00. The summed E-state index contributed by atoms with van der Waals surface area (Å²) in [4.78, 5) is 2.58. The van der Waals surface area contributed by atoms with Crippen LogP contribution in [0.4, 0.5) is 0 Å². The molecule has 0 spiro atoms. The molecule has 0 aliphatic carbocycles. The quantitative estimate of drug-likeness (QED) is 0.401. The molecule has 0 aromatic heterocycles. The van der Waals surface area contributed by atoms with Gasteiger partial charge in [-0.05, 0) is 53.0 Å². The molecule has 0 heterocycles. The van der Waals surface area contributed by atoms with Gasteiger partial charge in [-0.3, -0.25) is 4.90 Å². The first-order chi connectivity index (χ1) is 6.25. The van der Waals surface area contributed by atoms with E-state index in [0.29, 0.717) is 6.04 Å². The normalized spacial score (nSPS) is 13.3. The minimum atomic E-state index is 0.281. The standard InChI is InChI=1S/C12H26IN/c1-10(2)8-7-9-14(11(3)4)12(5,6)13/h10-11H,7-9H2,1-6H3. The van der Waals surface area contributed by atoms with Gasteiger partial charge in [-0.15, -0.1) is 0 Å². The second-order valence-electron chi connectivity index (χ2n) is 5.23. The van der Waals surface area contributed by atoms with Crippen molar-refractivity contribution in [2.24, 2.45) is 5.92 Å². The van der Waals surface area contributed by atoms with E-state index in [4.69, 9.17) is 0 Å². The lowest BCUT2D eigenvalue weighted by Crippen LogP contribution is -2.44. The topological polar surface area (TPSA) is 3.24 Å². The zero-order valence-corrected chi connectivity index (χ0v) is 12.8. The number of halogens is 1. The van der Waals surface area contributed by atoms with Gasteiger partial charge >= 0.3 is 0 Å². The van der Waals surface area contributed by atoms with Crippen molar-refractivity contribution in [3.05, 3.63) is 0 Å². The monoisotopic (exact) mass is 311 g/mol. The zero-order valence-electron chi connectivity index (χ0n) is 10.6. The number of alkyl halides is 1. The van der Waals surface area contributed by atoms with Crippen LogP contribution in [0.25, 0.3) is 0 Å². The van der Waals surface area contributed by atoms with Crippen molar-refractivity contribution in [2.45, 2.75) is 64.0 Å². The van der Waals surface area contributed by atoms with Gasteiger partial charge in [0, 0.05) is 6.04 Å². The van der Waals surface area contributed by atoms with E-state index >= 15 is 0 Å². The van der Waals surface area contributed by atoms with Crippen molar-refractivity contribution in [3.8, 4) is 0 Å². The molecule has 86 valence electrons. The molecule has 0 N–H and O–H groups in total. The minimum absolute atomic E-state index is 0.281. The van der Waals surface area contributed by atoms with Crippen molar-refractivity contribution in [1.82, 2.24) is 4.90 Å². The molecule has 0 unspecified atom stereocenters. The van der Waals surface area contributed by atoms with Crippen LogP contribution < -0.4 is 0 Å². The van der Waals surface area contributed by atoms with Crippen molar-refractivity contribution in [1.29, 1.82) is 0 Å². The molecule has 0 radical (unpaired) electrons. The lowest BCUT2D eigenvalue weighted by Gasteiger charge is -2.37. The summed E-state index contributed by atoms with van der Waals surface area (Å²) >= 11 is 2.54. The summed E-state index contributed by atoms with van der Waals surface area (Å²) in [6.07, 6.45) is 2.66. The second kappa shape index (κ2) is 6.31. The summed E-state index contributed by atoms with van der Waals surface area (Å²) in [6, 6.07) is 0.647. The van der Waals surface area contributed by atoms with Crippen molar-refractivity contribution in [2.75, 3.05) is 6.54 Å². The van der Waals surface area contributed by atoms with Crippen LogP contribution in [-0.2, 0) is 0 Å². The van der Waals surface area contributed by atoms with E-state index in [1.165, 1.54) is 19.4 Å². The molecule has 14 heavy (non-hydrogen) atoms. The van der Waals surface area contributed by atoms with Crippen molar-refractivity contribution >= 4 is 22.6 Å². The molecule has 2 heteroatoms. The Morgan fingerprint density at radius 3 is 1.93 bits per heavy atom. The predicted octanol–water partition coefficient (Wildman–Crippen LogP) is 4.30. The van der Waals surface area contributed by atoms with Crippen molar-refractivity contribution < 1.29 is 0 Å². The highest BCUT2D eigenvalue weighted by Gasteiger charge is 2.24. The fourth-order valence-corrected chi connectivity index (χ4v) is 2.61. The van der Waals surface area contributed by atoms with Gasteiger partial charge in [-0.1, -0.05) is 36.4 Å². The number of nitrogens with zero attached hydrogens (tertiary/aromatic N) is 1. The molecule has 0 rings (SSSR count). The van der Waals surface area contributed by atoms with Crippen LogP contribution in [0.3, 0.4) is 0 Å². The van der Waals surface area contributed by atoms with E-state index in [-0.39, 0.29) is 3.55 Å². The predicted molar refractivity (Wildman–Crippen MR) is 74.0 cm³/mol. The van der Waals surface area contributed by atoms with Gasteiger partial charge in [0.2, 0.25) is 0 Å². The summed E-state index contributed by atoms with van der Waals surface area (Å²) in [5.74, 6) is 0.835. The molecule has 1 nitrogen and oxygen atoms in total. The molecule has 0 saturated heterocycles. The highest BCUT2D eigenvalue weighted by atomic mass is 127. The van der Waals surface area contributed by atoms with Crippen LogP contribution >= 0.6 is 22.6 Å². The molecule has 0 aromatic carbocycles. The molecule has 0 aliphatic heterocycles. The maximum Gasteiger partial charge on any atom is 0.0675 e. The highest BCUT2D eigenvalue weighted by molar-refractivity contribution is 14.1. The largest absolute Gasteiger partial charge is 0.287 e. The van der Waals surface area contributed by atoms with Gasteiger partial charge in [0.1, 0.15) is 0 Å². The Bertz CT molecular complexity index is 147. The maximum atomic E-state index is 2.58. The molecule has 0 amide bonds. The lowest BCUT2D eigenvalue weighted by atomic mass is 10.1. The van der Waals surface area contributed by atoms with Gasteiger partial charge in [-0.2, -0.15) is 0 Å². The number of hydrogen-bond acceptors (Lipinski definition) is 1. The van der Waals surface area contributed by atoms with E-state index in [1.807, 2.05) is 0 Å². The van der Waals surface area contributed by atoms with Crippen LogP contribution in [0.15, 0.2) is 0 Å². The first-order valence-electron chi connectivity index (χ1n) is 5.70. The van der Waals surface area contributed by atoms with E-state index in [2.05, 4.69) is 69.0 Å². The van der Waals surface area contributed by atoms with Gasteiger partial charge < -0.3 is 0 Å². The first-order valence-corrected chi connectivity index (χ1v) is 6.78. The summed E-state index contributed by atoms with van der Waals surface area (Å²) in [5.41, 5.74) is 0. The average Bonchev–Trinajstić information content (AvgIpc) is 1.94. The molecule has 0 aromatic rings. The van der Waals surface area contributed by atoms with Crippen LogP contribution in [-0.4, -0.2) is 21.0 Å². The van der Waals surface area contributed by atoms with E-state index in [0.717, 1.165) is 5.92 Å². The zero-order chi connectivity index (χ0) is 11.4. The maximum absolute atomic E-state index is 2.58. The van der Waals surface area contributed by atoms with Gasteiger partial charge in [0.05, 0.1) is 3.55 Å². The van der Waals surface area contributed by atoms with Crippen molar-refractivity contribution in [3.63, 3.8) is 0 Å². The van der Waals surface area contributed by atoms with Crippen LogP contribution in [0.1, 0.15) is 54.4 Å². The third kappa shape index (κ3) is 6.23. The summed E-state index contributed by atoms with van der Waals surface area (Å²) < 4.78 is 0.281. The summed E-state index contributed by atoms with van der Waals surface area (Å²) in [7, 11) is 0. The molecule has 0 atom stereocenters. The average molecular weight is 311 g/mol. The first kappa shape index (κ1) is 14.7.